The number of rotatable bonds is 8. The summed E-state index contributed by atoms with van der Waals surface area (Å²) in [6.45, 7) is 5.77. The number of nitrogens with one attached hydrogen (secondary N) is 1. The minimum atomic E-state index is -0.640. The number of para-hydroxylation sites is 1. The highest BCUT2D eigenvalue weighted by Crippen LogP contribution is 2.33. The molecule has 0 aliphatic carbocycles. The van der Waals surface area contributed by atoms with Crippen LogP contribution in [0.15, 0.2) is 48.0 Å². The van der Waals surface area contributed by atoms with Crippen LogP contribution in [0.1, 0.15) is 38.8 Å². The molecule has 1 heterocycles. The molecule has 0 radical (unpaired) electrons. The van der Waals surface area contributed by atoms with Crippen molar-refractivity contribution in [3.63, 3.8) is 0 Å². The Morgan fingerprint density at radius 3 is 2.57 bits per heavy atom. The van der Waals surface area contributed by atoms with Crippen LogP contribution in [0.5, 0.6) is 5.75 Å². The van der Waals surface area contributed by atoms with E-state index in [0.717, 1.165) is 16.0 Å². The predicted octanol–water partition coefficient (Wildman–Crippen LogP) is 6.97. The molecule has 0 saturated heterocycles. The fourth-order valence-electron chi connectivity index (χ4n) is 3.16. The number of ether oxygens (including phenoxy) is 2. The number of esters is 1. The molecule has 0 unspecified atom stereocenters. The summed E-state index contributed by atoms with van der Waals surface area (Å²) in [4.78, 5) is 26.2. The van der Waals surface area contributed by atoms with Gasteiger partial charge in [0.25, 0.3) is 5.91 Å². The molecular formula is C26H22Cl2N2O4S. The van der Waals surface area contributed by atoms with Gasteiger partial charge in [-0.05, 0) is 56.2 Å². The summed E-state index contributed by atoms with van der Waals surface area (Å²) in [7, 11) is 0. The third-order valence-electron chi connectivity index (χ3n) is 5.05. The average molecular weight is 529 g/mol. The number of hydrogen-bond donors (Lipinski definition) is 1. The van der Waals surface area contributed by atoms with Gasteiger partial charge in [0, 0.05) is 10.4 Å². The zero-order valence-electron chi connectivity index (χ0n) is 19.3. The molecule has 0 bridgehead atoms. The van der Waals surface area contributed by atoms with Crippen LogP contribution in [0.4, 0.5) is 5.00 Å². The van der Waals surface area contributed by atoms with Crippen LogP contribution in [-0.2, 0) is 16.1 Å². The normalized spacial score (nSPS) is 11.0. The number of halogens is 2. The Hall–Kier alpha value is -3.31. The van der Waals surface area contributed by atoms with E-state index in [-0.39, 0.29) is 18.8 Å². The van der Waals surface area contributed by atoms with Crippen LogP contribution in [0, 0.1) is 25.2 Å². The van der Waals surface area contributed by atoms with E-state index >= 15 is 0 Å². The lowest BCUT2D eigenvalue weighted by molar-refractivity contribution is -0.112. The van der Waals surface area contributed by atoms with Crippen molar-refractivity contribution < 1.29 is 19.1 Å². The Morgan fingerprint density at radius 2 is 1.89 bits per heavy atom. The minimum absolute atomic E-state index is 0.144. The number of benzene rings is 2. The van der Waals surface area contributed by atoms with Crippen LogP contribution >= 0.6 is 34.5 Å². The van der Waals surface area contributed by atoms with E-state index in [2.05, 4.69) is 5.32 Å². The average Bonchev–Trinajstić information content (AvgIpc) is 3.11. The first-order valence-electron chi connectivity index (χ1n) is 10.6. The molecule has 0 aliphatic heterocycles. The standard InChI is InChI=1S/C26H22Cl2N2O4S/c1-4-33-26(32)23-15(2)16(3)35-25(23)30-24(31)19(13-29)12-18-7-5-6-8-22(18)34-14-17-9-10-20(27)21(28)11-17/h5-12H,4,14H2,1-3H3,(H,30,31)/b19-12+. The smallest absolute Gasteiger partial charge is 0.341 e. The van der Waals surface area contributed by atoms with Gasteiger partial charge in [-0.2, -0.15) is 5.26 Å². The summed E-state index contributed by atoms with van der Waals surface area (Å²) < 4.78 is 11.0. The van der Waals surface area contributed by atoms with Crippen LogP contribution in [0.2, 0.25) is 10.0 Å². The van der Waals surface area contributed by atoms with Crippen LogP contribution in [-0.4, -0.2) is 18.5 Å². The number of hydrogen-bond acceptors (Lipinski definition) is 6. The number of thiophene rings is 1. The zero-order valence-corrected chi connectivity index (χ0v) is 21.6. The van der Waals surface area contributed by atoms with Crippen molar-refractivity contribution >= 4 is 57.5 Å². The van der Waals surface area contributed by atoms with Gasteiger partial charge in [0.1, 0.15) is 29.0 Å². The molecule has 35 heavy (non-hydrogen) atoms. The molecule has 0 spiro atoms. The second-order valence-electron chi connectivity index (χ2n) is 7.41. The molecule has 1 aromatic heterocycles. The molecule has 180 valence electrons. The second kappa shape index (κ2) is 11.9. The van der Waals surface area contributed by atoms with Crippen LogP contribution in [0.25, 0.3) is 6.08 Å². The number of aryl methyl sites for hydroxylation is 1. The van der Waals surface area contributed by atoms with Gasteiger partial charge in [-0.15, -0.1) is 11.3 Å². The first-order chi connectivity index (χ1) is 16.7. The highest BCUT2D eigenvalue weighted by atomic mass is 35.5. The fraction of sp³-hybridized carbons (Fsp3) is 0.192. The van der Waals surface area contributed by atoms with Crippen molar-refractivity contribution in [1.82, 2.24) is 0 Å². The lowest BCUT2D eigenvalue weighted by atomic mass is 10.1. The monoisotopic (exact) mass is 528 g/mol. The number of nitriles is 1. The third-order valence-corrected chi connectivity index (χ3v) is 6.92. The van der Waals surface area contributed by atoms with E-state index in [4.69, 9.17) is 32.7 Å². The highest BCUT2D eigenvalue weighted by molar-refractivity contribution is 7.16. The van der Waals surface area contributed by atoms with E-state index in [9.17, 15) is 14.9 Å². The van der Waals surface area contributed by atoms with E-state index in [0.29, 0.717) is 31.9 Å². The van der Waals surface area contributed by atoms with Gasteiger partial charge in [0.2, 0.25) is 0 Å². The molecule has 0 atom stereocenters. The summed E-state index contributed by atoms with van der Waals surface area (Å²) in [5, 5.41) is 13.6. The summed E-state index contributed by atoms with van der Waals surface area (Å²) >= 11 is 13.3. The second-order valence-corrected chi connectivity index (χ2v) is 9.45. The lowest BCUT2D eigenvalue weighted by Gasteiger charge is -2.11. The van der Waals surface area contributed by atoms with Gasteiger partial charge in [-0.3, -0.25) is 4.79 Å². The topological polar surface area (TPSA) is 88.4 Å². The van der Waals surface area contributed by atoms with Crippen molar-refractivity contribution in [2.45, 2.75) is 27.4 Å². The molecule has 6 nitrogen and oxygen atoms in total. The van der Waals surface area contributed by atoms with E-state index < -0.39 is 11.9 Å². The van der Waals surface area contributed by atoms with Gasteiger partial charge < -0.3 is 14.8 Å². The number of amides is 1. The van der Waals surface area contributed by atoms with E-state index in [1.165, 1.54) is 17.4 Å². The lowest BCUT2D eigenvalue weighted by Crippen LogP contribution is -2.16. The maximum atomic E-state index is 12.9. The fourth-order valence-corrected chi connectivity index (χ4v) is 4.52. The quantitative estimate of drug-likeness (QED) is 0.193. The largest absolute Gasteiger partial charge is 0.488 e. The Labute approximate surface area is 217 Å². The van der Waals surface area contributed by atoms with Crippen molar-refractivity contribution in [3.05, 3.63) is 85.2 Å². The van der Waals surface area contributed by atoms with Gasteiger partial charge in [-0.25, -0.2) is 4.79 Å². The first kappa shape index (κ1) is 26.3. The first-order valence-corrected chi connectivity index (χ1v) is 12.2. The number of carbonyl (C=O) groups is 2. The Morgan fingerprint density at radius 1 is 1.14 bits per heavy atom. The van der Waals surface area contributed by atoms with E-state index in [1.807, 2.05) is 13.0 Å². The summed E-state index contributed by atoms with van der Waals surface area (Å²) in [5.74, 6) is -0.680. The zero-order chi connectivity index (χ0) is 25.5. The summed E-state index contributed by atoms with van der Waals surface area (Å²) in [6.07, 6.45) is 1.44. The highest BCUT2D eigenvalue weighted by Gasteiger charge is 2.23. The molecule has 3 rings (SSSR count). The van der Waals surface area contributed by atoms with Crippen molar-refractivity contribution in [2.75, 3.05) is 11.9 Å². The van der Waals surface area contributed by atoms with Gasteiger partial charge in [0.05, 0.1) is 22.2 Å². The van der Waals surface area contributed by atoms with Crippen LogP contribution in [0.3, 0.4) is 0 Å². The van der Waals surface area contributed by atoms with Gasteiger partial charge in [0.15, 0.2) is 0 Å². The molecule has 9 heteroatoms. The molecule has 0 fully saturated rings. The molecule has 0 aliphatic rings. The van der Waals surface area contributed by atoms with Crippen molar-refractivity contribution in [1.29, 1.82) is 5.26 Å². The molecule has 3 aromatic rings. The summed E-state index contributed by atoms with van der Waals surface area (Å²) in [6, 6.07) is 14.2. The summed E-state index contributed by atoms with van der Waals surface area (Å²) in [5.41, 5.74) is 2.24. The molecule has 1 N–H and O–H groups in total. The predicted molar refractivity (Wildman–Crippen MR) is 139 cm³/mol. The molecule has 1 amide bonds. The molecular weight excluding hydrogens is 507 g/mol. The Kier molecular flexibility index (Phi) is 8.94. The number of anilines is 1. The Bertz CT molecular complexity index is 1340. The maximum absolute atomic E-state index is 12.9. The van der Waals surface area contributed by atoms with Crippen molar-refractivity contribution in [2.24, 2.45) is 0 Å². The van der Waals surface area contributed by atoms with Crippen molar-refractivity contribution in [3.8, 4) is 11.8 Å². The minimum Gasteiger partial charge on any atom is -0.488 e. The number of nitrogens with zero attached hydrogens (tertiary/aromatic N) is 1. The SMILES string of the molecule is CCOC(=O)c1c(NC(=O)/C(C#N)=C/c2ccccc2OCc2ccc(Cl)c(Cl)c2)sc(C)c1C. The third kappa shape index (κ3) is 6.43. The molecule has 2 aromatic carbocycles. The van der Waals surface area contributed by atoms with E-state index in [1.54, 1.807) is 56.3 Å². The number of carbonyl (C=O) groups excluding carboxylic acids is 2. The Balaban J connectivity index is 1.83. The van der Waals surface area contributed by atoms with Gasteiger partial charge >= 0.3 is 5.97 Å². The van der Waals surface area contributed by atoms with Crippen LogP contribution < -0.4 is 10.1 Å². The van der Waals surface area contributed by atoms with Gasteiger partial charge in [-0.1, -0.05) is 47.5 Å². The maximum Gasteiger partial charge on any atom is 0.341 e. The molecule has 0 saturated carbocycles.